The lowest BCUT2D eigenvalue weighted by Crippen LogP contribution is -2.52. The highest BCUT2D eigenvalue weighted by atomic mass is 35.5. The van der Waals surface area contributed by atoms with Crippen LogP contribution >= 0.6 is 11.6 Å². The van der Waals surface area contributed by atoms with Crippen molar-refractivity contribution in [2.45, 2.75) is 42.9 Å². The van der Waals surface area contributed by atoms with Gasteiger partial charge in [0.05, 0.1) is 5.92 Å². The highest BCUT2D eigenvalue weighted by Crippen LogP contribution is 2.47. The molecular weight excluding hydrogens is 408 g/mol. The minimum atomic E-state index is -0.140. The van der Waals surface area contributed by atoms with Crippen molar-refractivity contribution in [2.75, 3.05) is 38.0 Å². The summed E-state index contributed by atoms with van der Waals surface area (Å²) in [5.41, 5.74) is 5.08. The number of pyridine rings is 1. The van der Waals surface area contributed by atoms with Gasteiger partial charge in [0.2, 0.25) is 5.91 Å². The third-order valence-electron chi connectivity index (χ3n) is 8.41. The summed E-state index contributed by atoms with van der Waals surface area (Å²) in [6.07, 6.45) is 5.13. The molecule has 1 aromatic heterocycles. The van der Waals surface area contributed by atoms with E-state index in [0.717, 1.165) is 70.5 Å². The molecule has 2 saturated heterocycles. The Morgan fingerprint density at radius 1 is 1.06 bits per heavy atom. The van der Waals surface area contributed by atoms with Gasteiger partial charge in [-0.1, -0.05) is 35.9 Å². The molecule has 6 heteroatoms. The molecule has 6 rings (SSSR count). The Kier molecular flexibility index (Phi) is 4.55. The van der Waals surface area contributed by atoms with E-state index in [1.165, 1.54) is 16.8 Å². The van der Waals surface area contributed by atoms with Crippen LogP contribution in [0.3, 0.4) is 0 Å². The molecule has 2 spiro atoms. The number of aromatic nitrogens is 1. The second-order valence-corrected chi connectivity index (χ2v) is 10.2. The molecule has 2 atom stereocenters. The second-order valence-electron chi connectivity index (χ2n) is 9.83. The van der Waals surface area contributed by atoms with Crippen LogP contribution in [-0.2, 0) is 22.0 Å². The molecule has 31 heavy (non-hydrogen) atoms. The van der Waals surface area contributed by atoms with Gasteiger partial charge < -0.3 is 15.5 Å². The number of aryl methyl sites for hydroxylation is 1. The largest absolute Gasteiger partial charge is 0.384 e. The predicted octanol–water partition coefficient (Wildman–Crippen LogP) is 3.51. The Bertz CT molecular complexity index is 1030. The van der Waals surface area contributed by atoms with E-state index in [0.29, 0.717) is 11.1 Å². The number of piperidine rings is 1. The van der Waals surface area contributed by atoms with Gasteiger partial charge in [0.15, 0.2) is 0 Å². The molecule has 0 bridgehead atoms. The molecule has 2 fully saturated rings. The Hall–Kier alpha value is -2.11. The minimum Gasteiger partial charge on any atom is -0.384 e. The van der Waals surface area contributed by atoms with Crippen LogP contribution in [0.4, 0.5) is 5.69 Å². The molecule has 0 radical (unpaired) electrons. The highest BCUT2D eigenvalue weighted by molar-refractivity contribution is 6.29. The number of amides is 1. The van der Waals surface area contributed by atoms with Crippen molar-refractivity contribution in [3.63, 3.8) is 0 Å². The Labute approximate surface area is 188 Å². The summed E-state index contributed by atoms with van der Waals surface area (Å²) in [6.45, 7) is 4.28. The third kappa shape index (κ3) is 2.93. The summed E-state index contributed by atoms with van der Waals surface area (Å²) < 4.78 is 0. The van der Waals surface area contributed by atoms with E-state index < -0.39 is 0 Å². The highest BCUT2D eigenvalue weighted by Gasteiger charge is 2.52. The molecular formula is C25H29ClN4O. The maximum absolute atomic E-state index is 13.8. The molecule has 1 amide bonds. The number of benzene rings is 1. The average molecular weight is 437 g/mol. The summed E-state index contributed by atoms with van der Waals surface area (Å²) >= 11 is 6.18. The molecule has 2 N–H and O–H groups in total. The number of halogens is 1. The molecule has 1 aromatic carbocycles. The van der Waals surface area contributed by atoms with Gasteiger partial charge in [0.1, 0.15) is 5.15 Å². The molecule has 3 aliphatic heterocycles. The van der Waals surface area contributed by atoms with E-state index >= 15 is 0 Å². The van der Waals surface area contributed by atoms with Gasteiger partial charge in [-0.25, -0.2) is 4.98 Å². The lowest BCUT2D eigenvalue weighted by atomic mass is 9.65. The van der Waals surface area contributed by atoms with Crippen molar-refractivity contribution < 1.29 is 4.79 Å². The van der Waals surface area contributed by atoms with Gasteiger partial charge in [-0.2, -0.15) is 0 Å². The number of nitrogens with one attached hydrogen (secondary N) is 2. The van der Waals surface area contributed by atoms with E-state index in [1.54, 1.807) is 0 Å². The molecule has 1 aliphatic carbocycles. The fourth-order valence-electron chi connectivity index (χ4n) is 6.73. The normalized spacial score (nSPS) is 28.4. The first-order valence-electron chi connectivity index (χ1n) is 11.6. The van der Waals surface area contributed by atoms with E-state index in [4.69, 9.17) is 11.6 Å². The molecule has 5 nitrogen and oxygen atoms in total. The standard InChI is InChI=1S/C25H29ClN4O/c26-22-8-7-18-21(29-22)6-3-9-25(18)16-27-14-19(25)23(31)30-12-10-24(11-13-30)15-28-20-5-2-1-4-17(20)24/h1-2,4-5,7-8,19,27-28H,3,6,9-16H2/t19-,25-/m0/s1. The summed E-state index contributed by atoms with van der Waals surface area (Å²) in [5, 5.41) is 7.69. The molecule has 162 valence electrons. The van der Waals surface area contributed by atoms with Crippen molar-refractivity contribution in [1.29, 1.82) is 0 Å². The number of carbonyl (C=O) groups excluding carboxylic acids is 1. The first-order chi connectivity index (χ1) is 15.1. The van der Waals surface area contributed by atoms with Crippen molar-refractivity contribution in [3.8, 4) is 0 Å². The average Bonchev–Trinajstić information content (AvgIpc) is 3.37. The molecule has 4 heterocycles. The van der Waals surface area contributed by atoms with Crippen molar-refractivity contribution in [1.82, 2.24) is 15.2 Å². The van der Waals surface area contributed by atoms with Crippen LogP contribution in [0.15, 0.2) is 36.4 Å². The first-order valence-corrected chi connectivity index (χ1v) is 12.0. The maximum atomic E-state index is 13.8. The SMILES string of the molecule is O=C([C@@H]1CNC[C@]12CCCc1nc(Cl)ccc12)N1CCC2(CC1)CNc1ccccc12. The molecule has 0 unspecified atom stereocenters. The zero-order chi connectivity index (χ0) is 21.1. The van der Waals surface area contributed by atoms with Crippen molar-refractivity contribution >= 4 is 23.2 Å². The van der Waals surface area contributed by atoms with Crippen LogP contribution in [0.25, 0.3) is 0 Å². The van der Waals surface area contributed by atoms with Crippen LogP contribution in [0.1, 0.15) is 42.5 Å². The summed E-state index contributed by atoms with van der Waals surface area (Å²) in [5.74, 6) is 0.305. The smallest absolute Gasteiger partial charge is 0.227 e. The topological polar surface area (TPSA) is 57.3 Å². The lowest BCUT2D eigenvalue weighted by molar-refractivity contribution is -0.138. The number of nitrogens with zero attached hydrogens (tertiary/aromatic N) is 2. The van der Waals surface area contributed by atoms with E-state index in [-0.39, 0.29) is 16.7 Å². The van der Waals surface area contributed by atoms with E-state index in [1.807, 2.05) is 6.07 Å². The number of para-hydroxylation sites is 1. The maximum Gasteiger partial charge on any atom is 0.227 e. The quantitative estimate of drug-likeness (QED) is 0.671. The second kappa shape index (κ2) is 7.21. The summed E-state index contributed by atoms with van der Waals surface area (Å²) in [6, 6.07) is 12.7. The number of anilines is 1. The fourth-order valence-corrected chi connectivity index (χ4v) is 6.90. The predicted molar refractivity (Wildman–Crippen MR) is 123 cm³/mol. The zero-order valence-electron chi connectivity index (χ0n) is 17.8. The first kappa shape index (κ1) is 19.6. The van der Waals surface area contributed by atoms with Crippen LogP contribution in [0.5, 0.6) is 0 Å². The Balaban J connectivity index is 1.24. The van der Waals surface area contributed by atoms with E-state index in [2.05, 4.69) is 50.8 Å². The number of hydrogen-bond acceptors (Lipinski definition) is 4. The summed E-state index contributed by atoms with van der Waals surface area (Å²) in [4.78, 5) is 20.6. The number of hydrogen-bond donors (Lipinski definition) is 2. The van der Waals surface area contributed by atoms with Gasteiger partial charge in [-0.05, 0) is 55.4 Å². The number of rotatable bonds is 1. The lowest BCUT2D eigenvalue weighted by Gasteiger charge is -2.44. The summed E-state index contributed by atoms with van der Waals surface area (Å²) in [7, 11) is 0. The van der Waals surface area contributed by atoms with Crippen molar-refractivity contribution in [3.05, 3.63) is 58.4 Å². The van der Waals surface area contributed by atoms with Crippen molar-refractivity contribution in [2.24, 2.45) is 5.92 Å². The third-order valence-corrected chi connectivity index (χ3v) is 8.63. The van der Waals surface area contributed by atoms with Crippen LogP contribution in [-0.4, -0.2) is 48.5 Å². The van der Waals surface area contributed by atoms with Gasteiger partial charge in [-0.15, -0.1) is 0 Å². The number of fused-ring (bicyclic) bond motifs is 4. The fraction of sp³-hybridized carbons (Fsp3) is 0.520. The van der Waals surface area contributed by atoms with Gasteiger partial charge >= 0.3 is 0 Å². The van der Waals surface area contributed by atoms with Gasteiger partial charge in [0, 0.05) is 54.9 Å². The van der Waals surface area contributed by atoms with Gasteiger partial charge in [0.25, 0.3) is 0 Å². The zero-order valence-corrected chi connectivity index (χ0v) is 18.5. The monoisotopic (exact) mass is 436 g/mol. The van der Waals surface area contributed by atoms with Crippen LogP contribution in [0, 0.1) is 5.92 Å². The van der Waals surface area contributed by atoms with Gasteiger partial charge in [-0.3, -0.25) is 4.79 Å². The Morgan fingerprint density at radius 2 is 1.90 bits per heavy atom. The Morgan fingerprint density at radius 3 is 2.77 bits per heavy atom. The molecule has 2 aromatic rings. The number of likely N-dealkylation sites (tertiary alicyclic amines) is 1. The van der Waals surface area contributed by atoms with Crippen LogP contribution in [0.2, 0.25) is 5.15 Å². The molecule has 4 aliphatic rings. The minimum absolute atomic E-state index is 0.0161. The van der Waals surface area contributed by atoms with Crippen LogP contribution < -0.4 is 10.6 Å². The molecule has 0 saturated carbocycles. The van der Waals surface area contributed by atoms with E-state index in [9.17, 15) is 4.79 Å². The number of carbonyl (C=O) groups is 1.